The zero-order chi connectivity index (χ0) is 14.2. The van der Waals surface area contributed by atoms with Crippen molar-refractivity contribution in [1.82, 2.24) is 10.2 Å². The number of rotatable bonds is 5. The van der Waals surface area contributed by atoms with Crippen LogP contribution in [0.2, 0.25) is 0 Å². The van der Waals surface area contributed by atoms with E-state index in [1.807, 2.05) is 0 Å². The van der Waals surface area contributed by atoms with Gasteiger partial charge in [-0.2, -0.15) is 0 Å². The predicted molar refractivity (Wildman–Crippen MR) is 83.7 cm³/mol. The molecule has 0 bridgehead atoms. The number of piperidine rings is 1. The van der Waals surface area contributed by atoms with Crippen molar-refractivity contribution in [3.8, 4) is 0 Å². The molecular weight excluding hydrogens is 248 g/mol. The molecule has 0 spiro atoms. The van der Waals surface area contributed by atoms with Gasteiger partial charge in [-0.05, 0) is 63.5 Å². The molecule has 3 heteroatoms. The molecule has 2 heterocycles. The molecule has 3 nitrogen and oxygen atoms in total. The van der Waals surface area contributed by atoms with Gasteiger partial charge in [0.2, 0.25) is 5.91 Å². The second-order valence-corrected chi connectivity index (χ2v) is 6.70. The van der Waals surface area contributed by atoms with E-state index in [0.717, 1.165) is 50.9 Å². The van der Waals surface area contributed by atoms with Crippen LogP contribution in [0, 0.1) is 11.8 Å². The zero-order valence-electron chi connectivity index (χ0n) is 13.2. The van der Waals surface area contributed by atoms with E-state index >= 15 is 0 Å². The van der Waals surface area contributed by atoms with Crippen LogP contribution in [0.25, 0.3) is 0 Å². The standard InChI is InChI=1S/C17H32N2O/c1-2-4-15-5-3-13-19(14-10-15)17(20)7-6-16-8-11-18-12-9-16/h15-16,18H,2-14H2,1H3. The maximum atomic E-state index is 12.4. The monoisotopic (exact) mass is 280 g/mol. The van der Waals surface area contributed by atoms with Crippen LogP contribution < -0.4 is 5.32 Å². The molecule has 2 aliphatic rings. The molecular formula is C17H32N2O. The van der Waals surface area contributed by atoms with Gasteiger partial charge < -0.3 is 10.2 Å². The molecule has 0 aliphatic carbocycles. The molecule has 2 saturated heterocycles. The molecule has 20 heavy (non-hydrogen) atoms. The lowest BCUT2D eigenvalue weighted by Gasteiger charge is -2.25. The van der Waals surface area contributed by atoms with Crippen LogP contribution >= 0.6 is 0 Å². The number of hydrogen-bond acceptors (Lipinski definition) is 2. The number of hydrogen-bond donors (Lipinski definition) is 1. The molecule has 2 aliphatic heterocycles. The van der Waals surface area contributed by atoms with E-state index in [1.165, 1.54) is 44.9 Å². The van der Waals surface area contributed by atoms with Gasteiger partial charge >= 0.3 is 0 Å². The van der Waals surface area contributed by atoms with Crippen LogP contribution in [0.5, 0.6) is 0 Å². The first-order valence-corrected chi connectivity index (χ1v) is 8.78. The van der Waals surface area contributed by atoms with Crippen molar-refractivity contribution in [2.75, 3.05) is 26.2 Å². The third-order valence-corrected chi connectivity index (χ3v) is 5.12. The number of carbonyl (C=O) groups is 1. The summed E-state index contributed by atoms with van der Waals surface area (Å²) in [6, 6.07) is 0. The highest BCUT2D eigenvalue weighted by atomic mass is 16.2. The Morgan fingerprint density at radius 3 is 2.55 bits per heavy atom. The van der Waals surface area contributed by atoms with Crippen molar-refractivity contribution in [3.05, 3.63) is 0 Å². The lowest BCUT2D eigenvalue weighted by atomic mass is 9.93. The third-order valence-electron chi connectivity index (χ3n) is 5.12. The molecule has 2 fully saturated rings. The molecule has 1 N–H and O–H groups in total. The first kappa shape index (κ1) is 15.8. The summed E-state index contributed by atoms with van der Waals surface area (Å²) in [5.74, 6) is 2.06. The molecule has 116 valence electrons. The van der Waals surface area contributed by atoms with E-state index in [-0.39, 0.29) is 0 Å². The number of nitrogens with one attached hydrogen (secondary N) is 1. The van der Waals surface area contributed by atoms with E-state index in [9.17, 15) is 4.79 Å². The molecule has 0 aromatic carbocycles. The second kappa shape index (κ2) is 8.66. The van der Waals surface area contributed by atoms with Gasteiger partial charge in [0.15, 0.2) is 0 Å². The topological polar surface area (TPSA) is 32.3 Å². The number of amides is 1. The summed E-state index contributed by atoms with van der Waals surface area (Å²) in [5, 5.41) is 3.40. The Labute approximate surface area is 124 Å². The van der Waals surface area contributed by atoms with Gasteiger partial charge in [-0.1, -0.05) is 19.8 Å². The smallest absolute Gasteiger partial charge is 0.222 e. The lowest BCUT2D eigenvalue weighted by Crippen LogP contribution is -2.33. The molecule has 2 rings (SSSR count). The van der Waals surface area contributed by atoms with Gasteiger partial charge in [-0.3, -0.25) is 4.79 Å². The molecule has 0 radical (unpaired) electrons. The van der Waals surface area contributed by atoms with Crippen LogP contribution in [0.4, 0.5) is 0 Å². The fourth-order valence-corrected chi connectivity index (χ4v) is 3.77. The van der Waals surface area contributed by atoms with Crippen molar-refractivity contribution >= 4 is 5.91 Å². The molecule has 1 amide bonds. The number of carbonyl (C=O) groups excluding carboxylic acids is 1. The fraction of sp³-hybridized carbons (Fsp3) is 0.941. The van der Waals surface area contributed by atoms with Crippen molar-refractivity contribution in [1.29, 1.82) is 0 Å². The summed E-state index contributed by atoms with van der Waals surface area (Å²) in [4.78, 5) is 14.5. The van der Waals surface area contributed by atoms with Crippen molar-refractivity contribution in [2.45, 2.75) is 64.7 Å². The van der Waals surface area contributed by atoms with Crippen LogP contribution in [0.1, 0.15) is 64.7 Å². The van der Waals surface area contributed by atoms with Gasteiger partial charge in [-0.25, -0.2) is 0 Å². The highest BCUT2D eigenvalue weighted by molar-refractivity contribution is 5.76. The lowest BCUT2D eigenvalue weighted by molar-refractivity contribution is -0.131. The summed E-state index contributed by atoms with van der Waals surface area (Å²) in [5.41, 5.74) is 0. The Hall–Kier alpha value is -0.570. The maximum absolute atomic E-state index is 12.4. The van der Waals surface area contributed by atoms with Crippen LogP contribution in [0.3, 0.4) is 0 Å². The normalized spacial score (nSPS) is 25.4. The Balaban J connectivity index is 1.69. The quantitative estimate of drug-likeness (QED) is 0.839. The van der Waals surface area contributed by atoms with Crippen molar-refractivity contribution < 1.29 is 4.79 Å². The average Bonchev–Trinajstić information content (AvgIpc) is 2.72. The summed E-state index contributed by atoms with van der Waals surface area (Å²) in [6.07, 6.45) is 10.8. The molecule has 1 atom stereocenters. The largest absolute Gasteiger partial charge is 0.343 e. The van der Waals surface area contributed by atoms with E-state index in [1.54, 1.807) is 0 Å². The molecule has 0 saturated carbocycles. The van der Waals surface area contributed by atoms with Crippen LogP contribution in [0.15, 0.2) is 0 Å². The van der Waals surface area contributed by atoms with Crippen LogP contribution in [-0.2, 0) is 4.79 Å². The minimum atomic E-state index is 0.417. The van der Waals surface area contributed by atoms with E-state index in [0.29, 0.717) is 5.91 Å². The van der Waals surface area contributed by atoms with Gasteiger partial charge in [0, 0.05) is 19.5 Å². The summed E-state index contributed by atoms with van der Waals surface area (Å²) >= 11 is 0. The summed E-state index contributed by atoms with van der Waals surface area (Å²) in [6.45, 7) is 6.57. The zero-order valence-corrected chi connectivity index (χ0v) is 13.2. The van der Waals surface area contributed by atoms with E-state index in [2.05, 4.69) is 17.1 Å². The van der Waals surface area contributed by atoms with E-state index in [4.69, 9.17) is 0 Å². The highest BCUT2D eigenvalue weighted by Gasteiger charge is 2.21. The summed E-state index contributed by atoms with van der Waals surface area (Å²) < 4.78 is 0. The van der Waals surface area contributed by atoms with Gasteiger partial charge in [0.05, 0.1) is 0 Å². The maximum Gasteiger partial charge on any atom is 0.222 e. The molecule has 0 aromatic heterocycles. The SMILES string of the molecule is CCCC1CCCN(C(=O)CCC2CCNCC2)CC1. The minimum absolute atomic E-state index is 0.417. The Kier molecular flexibility index (Phi) is 6.85. The fourth-order valence-electron chi connectivity index (χ4n) is 3.77. The Morgan fingerprint density at radius 2 is 1.80 bits per heavy atom. The Bertz CT molecular complexity index is 287. The Morgan fingerprint density at radius 1 is 1.05 bits per heavy atom. The average molecular weight is 280 g/mol. The van der Waals surface area contributed by atoms with Gasteiger partial charge in [0.25, 0.3) is 0 Å². The first-order valence-electron chi connectivity index (χ1n) is 8.78. The second-order valence-electron chi connectivity index (χ2n) is 6.70. The molecule has 0 aromatic rings. The van der Waals surface area contributed by atoms with Crippen molar-refractivity contribution in [2.24, 2.45) is 11.8 Å². The van der Waals surface area contributed by atoms with E-state index < -0.39 is 0 Å². The van der Waals surface area contributed by atoms with Crippen LogP contribution in [-0.4, -0.2) is 37.0 Å². The predicted octanol–water partition coefficient (Wildman–Crippen LogP) is 3.20. The van der Waals surface area contributed by atoms with Crippen molar-refractivity contribution in [3.63, 3.8) is 0 Å². The minimum Gasteiger partial charge on any atom is -0.343 e. The first-order chi connectivity index (χ1) is 9.79. The number of nitrogens with zero attached hydrogens (tertiary/aromatic N) is 1. The highest BCUT2D eigenvalue weighted by Crippen LogP contribution is 2.23. The number of likely N-dealkylation sites (tertiary alicyclic amines) is 1. The third kappa shape index (κ3) is 5.08. The van der Waals surface area contributed by atoms with Gasteiger partial charge in [0.1, 0.15) is 0 Å². The van der Waals surface area contributed by atoms with Gasteiger partial charge in [-0.15, -0.1) is 0 Å². The molecule has 1 unspecified atom stereocenters. The summed E-state index contributed by atoms with van der Waals surface area (Å²) in [7, 11) is 0.